The monoisotopic (exact) mass is 426 g/mol. The fourth-order valence-electron chi connectivity index (χ4n) is 3.47. The van der Waals surface area contributed by atoms with Crippen molar-refractivity contribution in [2.45, 2.75) is 38.9 Å². The number of rotatable bonds is 4. The van der Waals surface area contributed by atoms with Gasteiger partial charge in [-0.2, -0.15) is 0 Å². The van der Waals surface area contributed by atoms with E-state index in [0.717, 1.165) is 22.0 Å². The van der Waals surface area contributed by atoms with Gasteiger partial charge in [-0.1, -0.05) is 17.7 Å². The van der Waals surface area contributed by atoms with E-state index in [2.05, 4.69) is 20.3 Å². The molecule has 2 aromatic heterocycles. The van der Waals surface area contributed by atoms with Gasteiger partial charge in [-0.05, 0) is 39.3 Å². The molecule has 0 bridgehead atoms. The summed E-state index contributed by atoms with van der Waals surface area (Å²) in [4.78, 5) is 13.3. The second-order valence-electron chi connectivity index (χ2n) is 8.23. The van der Waals surface area contributed by atoms with Crippen LogP contribution in [0.2, 0.25) is 5.02 Å². The van der Waals surface area contributed by atoms with Crippen LogP contribution in [0.4, 0.5) is 5.95 Å². The van der Waals surface area contributed by atoms with Crippen molar-refractivity contribution in [2.75, 3.05) is 19.5 Å². The number of anilines is 1. The van der Waals surface area contributed by atoms with Crippen LogP contribution in [0.1, 0.15) is 27.7 Å². The van der Waals surface area contributed by atoms with Gasteiger partial charge < -0.3 is 19.4 Å². The van der Waals surface area contributed by atoms with Crippen molar-refractivity contribution in [2.24, 2.45) is 0 Å². The highest BCUT2D eigenvalue weighted by Crippen LogP contribution is 2.39. The molecule has 0 amide bonds. The second-order valence-corrected chi connectivity index (χ2v) is 8.67. The fourth-order valence-corrected chi connectivity index (χ4v) is 3.64. The highest BCUT2D eigenvalue weighted by Gasteiger charge is 2.52. The van der Waals surface area contributed by atoms with Crippen molar-refractivity contribution in [1.82, 2.24) is 15.0 Å². The van der Waals surface area contributed by atoms with Crippen LogP contribution >= 0.6 is 11.6 Å². The molecule has 0 unspecified atom stereocenters. The van der Waals surface area contributed by atoms with Crippen LogP contribution < -0.4 is 15.5 Å². The predicted octanol–water partition coefficient (Wildman–Crippen LogP) is 3.69. The zero-order valence-electron chi connectivity index (χ0n) is 17.9. The lowest BCUT2D eigenvalue weighted by atomic mass is 9.76. The van der Waals surface area contributed by atoms with E-state index in [-0.39, 0.29) is 0 Å². The molecule has 7 nitrogen and oxygen atoms in total. The summed E-state index contributed by atoms with van der Waals surface area (Å²) >= 11 is 6.22. The van der Waals surface area contributed by atoms with Crippen molar-refractivity contribution in [1.29, 1.82) is 0 Å². The van der Waals surface area contributed by atoms with Gasteiger partial charge in [0.2, 0.25) is 5.95 Å². The second kappa shape index (κ2) is 7.37. The third kappa shape index (κ3) is 3.39. The predicted molar refractivity (Wildman–Crippen MR) is 120 cm³/mol. The lowest BCUT2D eigenvalue weighted by Crippen LogP contribution is -2.41. The minimum Gasteiger partial charge on any atom is -0.495 e. The van der Waals surface area contributed by atoms with Gasteiger partial charge in [0.25, 0.3) is 0 Å². The lowest BCUT2D eigenvalue weighted by Gasteiger charge is -2.32. The molecule has 1 aliphatic heterocycles. The molecule has 0 saturated carbocycles. The van der Waals surface area contributed by atoms with Crippen molar-refractivity contribution in [3.63, 3.8) is 0 Å². The van der Waals surface area contributed by atoms with Crippen LogP contribution in [0.5, 0.6) is 5.75 Å². The molecule has 1 aromatic carbocycles. The fraction of sp³-hybridized carbons (Fsp3) is 0.381. The molecule has 0 spiro atoms. The van der Waals surface area contributed by atoms with Crippen molar-refractivity contribution < 1.29 is 14.0 Å². The number of fused-ring (bicyclic) bond motifs is 1. The number of hydrogen-bond donors (Lipinski definition) is 1. The first-order chi connectivity index (χ1) is 14.2. The molecule has 30 heavy (non-hydrogen) atoms. The van der Waals surface area contributed by atoms with Crippen LogP contribution in [-0.2, 0) is 9.31 Å². The van der Waals surface area contributed by atoms with E-state index in [1.54, 1.807) is 32.7 Å². The first-order valence-electron chi connectivity index (χ1n) is 9.69. The van der Waals surface area contributed by atoms with Crippen LogP contribution in [0, 0.1) is 0 Å². The summed E-state index contributed by atoms with van der Waals surface area (Å²) in [5.74, 6) is 1.07. The summed E-state index contributed by atoms with van der Waals surface area (Å²) in [6.45, 7) is 8.07. The number of ether oxygens (including phenoxy) is 1. The first kappa shape index (κ1) is 20.8. The van der Waals surface area contributed by atoms with E-state index in [4.69, 9.17) is 25.6 Å². The van der Waals surface area contributed by atoms with E-state index in [9.17, 15) is 0 Å². The average Bonchev–Trinajstić information content (AvgIpc) is 2.93. The number of methoxy groups -OCH3 is 1. The van der Waals surface area contributed by atoms with E-state index < -0.39 is 18.3 Å². The number of aromatic nitrogens is 3. The SMILES string of the molecule is CNc1ncc2c(-c3cncc(Cl)c3)cc(B3OC(C)(C)C(C)(C)O3)c(OC)c2n1. The van der Waals surface area contributed by atoms with Crippen LogP contribution in [0.15, 0.2) is 30.7 Å². The topological polar surface area (TPSA) is 78.4 Å². The smallest absolute Gasteiger partial charge is 0.495 e. The van der Waals surface area contributed by atoms with Gasteiger partial charge in [-0.25, -0.2) is 9.97 Å². The number of nitrogens with one attached hydrogen (secondary N) is 1. The third-order valence-electron chi connectivity index (χ3n) is 5.81. The Kier molecular flexibility index (Phi) is 5.12. The van der Waals surface area contributed by atoms with Gasteiger partial charge in [0.15, 0.2) is 0 Å². The van der Waals surface area contributed by atoms with Gasteiger partial charge in [0.1, 0.15) is 11.3 Å². The molecule has 156 valence electrons. The minimum atomic E-state index is -0.617. The number of halogens is 1. The van der Waals surface area contributed by atoms with Crippen molar-refractivity contribution in [3.05, 3.63) is 35.7 Å². The molecule has 1 N–H and O–H groups in total. The van der Waals surface area contributed by atoms with Crippen LogP contribution in [0.25, 0.3) is 22.0 Å². The van der Waals surface area contributed by atoms with E-state index in [1.807, 2.05) is 39.8 Å². The Morgan fingerprint density at radius 1 is 1.07 bits per heavy atom. The van der Waals surface area contributed by atoms with E-state index >= 15 is 0 Å². The maximum Gasteiger partial charge on any atom is 0.498 e. The molecule has 0 aliphatic carbocycles. The van der Waals surface area contributed by atoms with Crippen LogP contribution in [-0.4, -0.2) is 47.4 Å². The number of nitrogens with zero attached hydrogens (tertiary/aromatic N) is 3. The molecule has 3 aromatic rings. The van der Waals surface area contributed by atoms with Crippen molar-refractivity contribution >= 4 is 41.0 Å². The first-order valence-corrected chi connectivity index (χ1v) is 10.1. The minimum absolute atomic E-state index is 0.488. The standard InChI is InChI=1S/C21H24BClN4O3/c1-20(2)21(3,4)30-22(29-20)16-8-14(12-7-13(23)10-25-9-12)15-11-26-19(24-5)27-17(15)18(16)28-6/h7-11H,1-6H3,(H,24,26,27). The zero-order valence-corrected chi connectivity index (χ0v) is 18.7. The normalized spacial score (nSPS) is 17.4. The molecule has 1 aliphatic rings. The Labute approximate surface area is 181 Å². The van der Waals surface area contributed by atoms with Gasteiger partial charge >= 0.3 is 7.12 Å². The quantitative estimate of drug-likeness (QED) is 0.637. The maximum atomic E-state index is 6.31. The molecule has 9 heteroatoms. The molecule has 0 atom stereocenters. The summed E-state index contributed by atoms with van der Waals surface area (Å²) in [7, 11) is 2.77. The van der Waals surface area contributed by atoms with Gasteiger partial charge in [-0.3, -0.25) is 4.98 Å². The lowest BCUT2D eigenvalue weighted by molar-refractivity contribution is 0.00578. The van der Waals surface area contributed by atoms with Crippen molar-refractivity contribution in [3.8, 4) is 16.9 Å². The zero-order chi connectivity index (χ0) is 21.7. The Hall–Kier alpha value is -2.42. The molecule has 4 rings (SSSR count). The molecular formula is C21H24BClN4O3. The summed E-state index contributed by atoms with van der Waals surface area (Å²) in [5.41, 5.74) is 2.13. The Morgan fingerprint density at radius 2 is 1.77 bits per heavy atom. The van der Waals surface area contributed by atoms with Crippen LogP contribution in [0.3, 0.4) is 0 Å². The number of benzene rings is 1. The highest BCUT2D eigenvalue weighted by atomic mass is 35.5. The third-order valence-corrected chi connectivity index (χ3v) is 6.01. The summed E-state index contributed by atoms with van der Waals surface area (Å²) < 4.78 is 18.4. The molecule has 1 fully saturated rings. The Morgan fingerprint density at radius 3 is 2.37 bits per heavy atom. The molecule has 3 heterocycles. The number of hydrogen-bond acceptors (Lipinski definition) is 7. The average molecular weight is 427 g/mol. The largest absolute Gasteiger partial charge is 0.498 e. The van der Waals surface area contributed by atoms with Gasteiger partial charge in [0.05, 0.1) is 23.3 Å². The summed E-state index contributed by atoms with van der Waals surface area (Å²) in [6.07, 6.45) is 5.12. The van der Waals surface area contributed by atoms with Gasteiger partial charge in [-0.15, -0.1) is 0 Å². The molecular weight excluding hydrogens is 403 g/mol. The number of pyridine rings is 1. The molecule has 0 radical (unpaired) electrons. The summed E-state index contributed by atoms with van der Waals surface area (Å²) in [6, 6.07) is 3.84. The highest BCUT2D eigenvalue weighted by molar-refractivity contribution is 6.64. The Bertz CT molecular complexity index is 1110. The maximum absolute atomic E-state index is 6.31. The van der Waals surface area contributed by atoms with E-state index in [1.165, 1.54) is 0 Å². The van der Waals surface area contributed by atoms with Gasteiger partial charge in [0, 0.05) is 42.1 Å². The molecule has 1 saturated heterocycles. The van der Waals surface area contributed by atoms with E-state index in [0.29, 0.717) is 22.2 Å². The summed E-state index contributed by atoms with van der Waals surface area (Å²) in [5, 5.41) is 4.34. The Balaban J connectivity index is 2.00.